The molecule has 1 saturated carbocycles. The van der Waals surface area contributed by atoms with Crippen molar-refractivity contribution in [1.29, 1.82) is 0 Å². The number of hydrogen-bond donors (Lipinski definition) is 3. The van der Waals surface area contributed by atoms with Crippen molar-refractivity contribution in [2.75, 3.05) is 6.54 Å². The summed E-state index contributed by atoms with van der Waals surface area (Å²) in [7, 11) is 0. The second-order valence-corrected chi connectivity index (χ2v) is 6.10. The first-order valence-corrected chi connectivity index (χ1v) is 7.58. The van der Waals surface area contributed by atoms with Crippen LogP contribution in [-0.4, -0.2) is 35.0 Å². The van der Waals surface area contributed by atoms with Gasteiger partial charge in [0.15, 0.2) is 0 Å². The Labute approximate surface area is 137 Å². The van der Waals surface area contributed by atoms with E-state index in [-0.39, 0.29) is 19.3 Å². The van der Waals surface area contributed by atoms with Gasteiger partial charge in [-0.15, -0.1) is 0 Å². The third-order valence-corrected chi connectivity index (χ3v) is 4.36. The molecule has 0 bridgehead atoms. The maximum Gasteiger partial charge on any atom is 0.352 e. The second kappa shape index (κ2) is 6.80. The highest BCUT2D eigenvalue weighted by Crippen LogP contribution is 2.44. The highest BCUT2D eigenvalue weighted by molar-refractivity contribution is 5.86. The van der Waals surface area contributed by atoms with Crippen LogP contribution in [0.5, 0.6) is 0 Å². The van der Waals surface area contributed by atoms with Crippen LogP contribution in [0.3, 0.4) is 0 Å². The highest BCUT2D eigenvalue weighted by Gasteiger charge is 2.61. The van der Waals surface area contributed by atoms with E-state index < -0.39 is 41.6 Å². The summed E-state index contributed by atoms with van der Waals surface area (Å²) in [6.45, 7) is -0.392. The molecule has 1 fully saturated rings. The van der Waals surface area contributed by atoms with Gasteiger partial charge in [0.05, 0.1) is 5.92 Å². The average Bonchev–Trinajstić information content (AvgIpc) is 2.49. The topological polar surface area (TPSA) is 92.4 Å². The van der Waals surface area contributed by atoms with Crippen molar-refractivity contribution < 1.29 is 27.9 Å². The molecule has 5 nitrogen and oxygen atoms in total. The number of nitrogens with one attached hydrogen (secondary N) is 1. The van der Waals surface area contributed by atoms with Crippen LogP contribution in [0.4, 0.5) is 13.2 Å². The van der Waals surface area contributed by atoms with E-state index in [1.54, 1.807) is 0 Å². The maximum absolute atomic E-state index is 13.9. The zero-order chi connectivity index (χ0) is 18.0. The molecule has 1 aliphatic rings. The number of benzene rings is 1. The molecule has 1 aromatic rings. The summed E-state index contributed by atoms with van der Waals surface area (Å²) < 4.78 is 40.8. The number of hydrogen-bond acceptors (Lipinski definition) is 3. The molecule has 132 valence electrons. The summed E-state index contributed by atoms with van der Waals surface area (Å²) >= 11 is 0. The van der Waals surface area contributed by atoms with Crippen LogP contribution in [-0.2, 0) is 16.0 Å². The van der Waals surface area contributed by atoms with Crippen LogP contribution in [0.1, 0.15) is 24.8 Å². The molecule has 0 spiro atoms. The number of nitrogens with two attached hydrogens (primary N) is 1. The Hall–Kier alpha value is -2.09. The van der Waals surface area contributed by atoms with Crippen LogP contribution in [0.2, 0.25) is 0 Å². The number of amides is 2. The van der Waals surface area contributed by atoms with Crippen molar-refractivity contribution in [2.45, 2.75) is 37.2 Å². The van der Waals surface area contributed by atoms with E-state index in [4.69, 9.17) is 5.73 Å². The van der Waals surface area contributed by atoms with Gasteiger partial charge in [-0.05, 0) is 43.4 Å². The highest BCUT2D eigenvalue weighted by atomic mass is 19.3. The number of carbonyl (C=O) groups is 2. The van der Waals surface area contributed by atoms with Crippen molar-refractivity contribution in [2.24, 2.45) is 11.7 Å². The molecule has 4 N–H and O–H groups in total. The average molecular weight is 344 g/mol. The first-order chi connectivity index (χ1) is 11.2. The summed E-state index contributed by atoms with van der Waals surface area (Å²) in [4.78, 5) is 23.2. The van der Waals surface area contributed by atoms with Crippen LogP contribution in [0, 0.1) is 11.7 Å². The number of halogens is 3. The number of alkyl halides is 2. The number of aliphatic hydroxyl groups is 1. The predicted molar refractivity (Wildman–Crippen MR) is 79.5 cm³/mol. The van der Waals surface area contributed by atoms with Gasteiger partial charge in [0.1, 0.15) is 11.4 Å². The van der Waals surface area contributed by atoms with Gasteiger partial charge >= 0.3 is 5.92 Å². The summed E-state index contributed by atoms with van der Waals surface area (Å²) in [5, 5.41) is 11.7. The Morgan fingerprint density at radius 1 is 1.29 bits per heavy atom. The Bertz CT molecular complexity index is 615. The van der Waals surface area contributed by atoms with E-state index in [0.717, 1.165) is 0 Å². The molecular formula is C16H19F3N2O3. The van der Waals surface area contributed by atoms with Crippen molar-refractivity contribution in [3.05, 3.63) is 35.6 Å². The lowest BCUT2D eigenvalue weighted by Gasteiger charge is -2.41. The van der Waals surface area contributed by atoms with Crippen LogP contribution >= 0.6 is 0 Å². The van der Waals surface area contributed by atoms with Gasteiger partial charge in [0.25, 0.3) is 5.91 Å². The lowest BCUT2D eigenvalue weighted by Crippen LogP contribution is -2.61. The standard InChI is InChI=1S/C16H19F3N2O3/c17-12-4-2-10(3-5-12)8-11(13(20)22)9-21-14(23)16(18,19)15(24)6-1-7-15/h2-5,11,24H,1,6-9H2,(H2,20,22)(H,21,23). The number of primary amides is 1. The van der Waals surface area contributed by atoms with E-state index in [1.807, 2.05) is 5.32 Å². The zero-order valence-electron chi connectivity index (χ0n) is 12.9. The van der Waals surface area contributed by atoms with Crippen molar-refractivity contribution >= 4 is 11.8 Å². The van der Waals surface area contributed by atoms with Crippen LogP contribution in [0.25, 0.3) is 0 Å². The fourth-order valence-corrected chi connectivity index (χ4v) is 2.54. The van der Waals surface area contributed by atoms with Gasteiger partial charge in [-0.1, -0.05) is 12.1 Å². The molecule has 0 aromatic heterocycles. The van der Waals surface area contributed by atoms with E-state index in [9.17, 15) is 27.9 Å². The van der Waals surface area contributed by atoms with Crippen LogP contribution < -0.4 is 11.1 Å². The molecule has 24 heavy (non-hydrogen) atoms. The fraction of sp³-hybridized carbons (Fsp3) is 0.500. The van der Waals surface area contributed by atoms with E-state index in [1.165, 1.54) is 24.3 Å². The predicted octanol–water partition coefficient (Wildman–Crippen LogP) is 1.14. The molecule has 0 radical (unpaired) electrons. The van der Waals surface area contributed by atoms with E-state index in [2.05, 4.69) is 0 Å². The second-order valence-electron chi connectivity index (χ2n) is 6.10. The molecule has 1 atom stereocenters. The van der Waals surface area contributed by atoms with Gasteiger partial charge in [0.2, 0.25) is 5.91 Å². The minimum atomic E-state index is -3.93. The number of carbonyl (C=O) groups excluding carboxylic acids is 2. The zero-order valence-corrected chi connectivity index (χ0v) is 12.9. The fourth-order valence-electron chi connectivity index (χ4n) is 2.54. The summed E-state index contributed by atoms with van der Waals surface area (Å²) in [6.07, 6.45) is 0.198. The molecule has 0 saturated heterocycles. The largest absolute Gasteiger partial charge is 0.383 e. The molecule has 0 aliphatic heterocycles. The molecule has 1 aromatic carbocycles. The molecule has 1 aliphatic carbocycles. The smallest absolute Gasteiger partial charge is 0.352 e. The Morgan fingerprint density at radius 2 is 1.88 bits per heavy atom. The third-order valence-electron chi connectivity index (χ3n) is 4.36. The van der Waals surface area contributed by atoms with Gasteiger partial charge < -0.3 is 16.2 Å². The Morgan fingerprint density at radius 3 is 2.33 bits per heavy atom. The van der Waals surface area contributed by atoms with E-state index >= 15 is 0 Å². The number of rotatable bonds is 7. The SMILES string of the molecule is NC(=O)C(CNC(=O)C(F)(F)C1(O)CCC1)Cc1ccc(F)cc1. The molecule has 8 heteroatoms. The monoisotopic (exact) mass is 344 g/mol. The molecule has 1 unspecified atom stereocenters. The van der Waals surface area contributed by atoms with Gasteiger partial charge in [-0.25, -0.2) is 4.39 Å². The minimum absolute atomic E-state index is 0.0751. The minimum Gasteiger partial charge on any atom is -0.383 e. The van der Waals surface area contributed by atoms with Crippen molar-refractivity contribution in [3.8, 4) is 0 Å². The Kier molecular flexibility index (Phi) is 5.17. The van der Waals surface area contributed by atoms with Gasteiger partial charge in [0, 0.05) is 6.54 Å². The van der Waals surface area contributed by atoms with Gasteiger partial charge in [-0.2, -0.15) is 8.78 Å². The summed E-state index contributed by atoms with van der Waals surface area (Å²) in [6, 6.07) is 5.29. The summed E-state index contributed by atoms with van der Waals surface area (Å²) in [5.41, 5.74) is 3.49. The lowest BCUT2D eigenvalue weighted by molar-refractivity contribution is -0.216. The first kappa shape index (κ1) is 18.3. The maximum atomic E-state index is 13.9. The lowest BCUT2D eigenvalue weighted by atomic mass is 9.75. The van der Waals surface area contributed by atoms with Gasteiger partial charge in [-0.3, -0.25) is 9.59 Å². The molecule has 2 amide bonds. The van der Waals surface area contributed by atoms with Crippen molar-refractivity contribution in [1.82, 2.24) is 5.32 Å². The first-order valence-electron chi connectivity index (χ1n) is 7.58. The third kappa shape index (κ3) is 3.69. The normalized spacial score (nSPS) is 17.7. The van der Waals surface area contributed by atoms with Crippen molar-refractivity contribution in [3.63, 3.8) is 0 Å². The molecule has 0 heterocycles. The molecular weight excluding hydrogens is 325 g/mol. The van der Waals surface area contributed by atoms with E-state index in [0.29, 0.717) is 12.0 Å². The Balaban J connectivity index is 1.97. The summed E-state index contributed by atoms with van der Waals surface area (Å²) in [5.74, 6) is -7.70. The molecule has 2 rings (SSSR count). The quantitative estimate of drug-likeness (QED) is 0.692. The van der Waals surface area contributed by atoms with Crippen LogP contribution in [0.15, 0.2) is 24.3 Å².